The van der Waals surface area contributed by atoms with Gasteiger partial charge in [0.25, 0.3) is 5.91 Å². The van der Waals surface area contributed by atoms with Crippen molar-refractivity contribution in [3.63, 3.8) is 0 Å². The number of amides is 2. The second-order valence-corrected chi connectivity index (χ2v) is 6.43. The van der Waals surface area contributed by atoms with Crippen molar-refractivity contribution in [1.82, 2.24) is 4.90 Å². The van der Waals surface area contributed by atoms with Crippen molar-refractivity contribution in [2.24, 2.45) is 0 Å². The third kappa shape index (κ3) is 3.92. The van der Waals surface area contributed by atoms with Crippen molar-refractivity contribution >= 4 is 34.0 Å². The molecule has 0 unspecified atom stereocenters. The summed E-state index contributed by atoms with van der Waals surface area (Å²) in [6, 6.07) is 17.0. The average Bonchev–Trinajstić information content (AvgIpc) is 2.95. The van der Waals surface area contributed by atoms with Gasteiger partial charge in [-0.1, -0.05) is 58.4 Å². The van der Waals surface area contributed by atoms with Crippen LogP contribution in [0.1, 0.15) is 11.1 Å². The molecule has 122 valence electrons. The van der Waals surface area contributed by atoms with Gasteiger partial charge in [0.1, 0.15) is 6.61 Å². The summed E-state index contributed by atoms with van der Waals surface area (Å²) in [6.07, 6.45) is 3.11. The molecule has 0 N–H and O–H groups in total. The molecule has 3 rings (SSSR count). The van der Waals surface area contributed by atoms with Gasteiger partial charge in [0.2, 0.25) is 0 Å². The summed E-state index contributed by atoms with van der Waals surface area (Å²) in [5.74, 6) is -0.360. The molecule has 4 nitrogen and oxygen atoms in total. The Hall–Kier alpha value is -2.40. The zero-order chi connectivity index (χ0) is 16.9. The fourth-order valence-electron chi connectivity index (χ4n) is 2.59. The first-order chi connectivity index (χ1) is 11.6. The van der Waals surface area contributed by atoms with Gasteiger partial charge >= 0.3 is 6.09 Å². The van der Waals surface area contributed by atoms with Crippen molar-refractivity contribution < 1.29 is 14.3 Å². The Morgan fingerprint density at radius 2 is 1.88 bits per heavy atom. The minimum atomic E-state index is -0.582. The maximum Gasteiger partial charge on any atom is 0.417 e. The van der Waals surface area contributed by atoms with Crippen LogP contribution in [0.3, 0.4) is 0 Å². The van der Waals surface area contributed by atoms with E-state index in [9.17, 15) is 9.59 Å². The molecule has 2 amide bonds. The minimum absolute atomic E-state index is 0.228. The van der Waals surface area contributed by atoms with E-state index in [-0.39, 0.29) is 18.6 Å². The first kappa shape index (κ1) is 16.5. The van der Waals surface area contributed by atoms with E-state index in [1.807, 2.05) is 54.6 Å². The molecule has 0 radical (unpaired) electrons. The summed E-state index contributed by atoms with van der Waals surface area (Å²) in [4.78, 5) is 25.5. The Balaban J connectivity index is 1.71. The Bertz CT molecular complexity index is 756. The van der Waals surface area contributed by atoms with Gasteiger partial charge in [-0.2, -0.15) is 0 Å². The van der Waals surface area contributed by atoms with Gasteiger partial charge in [0.05, 0.1) is 6.04 Å². The van der Waals surface area contributed by atoms with Gasteiger partial charge in [0, 0.05) is 10.5 Å². The number of halogens is 1. The first-order valence-electron chi connectivity index (χ1n) is 7.61. The van der Waals surface area contributed by atoms with Crippen molar-refractivity contribution in [1.29, 1.82) is 0 Å². The molecule has 0 bridgehead atoms. The molecule has 0 saturated carbocycles. The first-order valence-corrected chi connectivity index (χ1v) is 8.40. The van der Waals surface area contributed by atoms with Crippen molar-refractivity contribution in [2.75, 3.05) is 6.61 Å². The predicted octanol–water partition coefficient (Wildman–Crippen LogP) is 4.05. The molecule has 5 heteroatoms. The Kier molecular flexibility index (Phi) is 5.11. The Morgan fingerprint density at radius 1 is 1.17 bits per heavy atom. The van der Waals surface area contributed by atoms with Gasteiger partial charge in [-0.3, -0.25) is 4.79 Å². The summed E-state index contributed by atoms with van der Waals surface area (Å²) in [7, 11) is 0. The Labute approximate surface area is 148 Å². The van der Waals surface area contributed by atoms with Crippen LogP contribution in [0.25, 0.3) is 6.08 Å². The monoisotopic (exact) mass is 385 g/mol. The molecule has 1 aliphatic heterocycles. The summed E-state index contributed by atoms with van der Waals surface area (Å²) in [5, 5.41) is 0. The largest absolute Gasteiger partial charge is 0.447 e. The fourth-order valence-corrected chi connectivity index (χ4v) is 2.85. The van der Waals surface area contributed by atoms with Crippen LogP contribution >= 0.6 is 15.9 Å². The molecule has 2 aromatic rings. The normalized spacial score (nSPS) is 17.3. The number of benzene rings is 2. The SMILES string of the molecule is O=C(/C=C/c1ccc(Br)cc1)N1C(=O)OC[C@@H]1Cc1ccccc1. The summed E-state index contributed by atoms with van der Waals surface area (Å²) < 4.78 is 6.03. The van der Waals surface area contributed by atoms with E-state index in [0.29, 0.717) is 6.42 Å². The number of carbonyl (C=O) groups excluding carboxylic acids is 2. The van der Waals surface area contributed by atoms with E-state index < -0.39 is 6.09 Å². The summed E-state index contributed by atoms with van der Waals surface area (Å²) in [5.41, 5.74) is 1.95. The summed E-state index contributed by atoms with van der Waals surface area (Å²) in [6.45, 7) is 0.228. The van der Waals surface area contributed by atoms with Gasteiger partial charge < -0.3 is 4.74 Å². The average molecular weight is 386 g/mol. The zero-order valence-electron chi connectivity index (χ0n) is 12.9. The predicted molar refractivity (Wildman–Crippen MR) is 95.3 cm³/mol. The molecule has 1 atom stereocenters. The highest BCUT2D eigenvalue weighted by atomic mass is 79.9. The molecule has 0 aliphatic carbocycles. The molecule has 1 fully saturated rings. The maximum absolute atomic E-state index is 12.4. The molecule has 2 aromatic carbocycles. The van der Waals surface area contributed by atoms with E-state index in [1.54, 1.807) is 6.08 Å². The number of carbonyl (C=O) groups is 2. The number of hydrogen-bond acceptors (Lipinski definition) is 3. The van der Waals surface area contributed by atoms with Crippen LogP contribution in [-0.4, -0.2) is 29.5 Å². The van der Waals surface area contributed by atoms with Crippen LogP contribution in [0.5, 0.6) is 0 Å². The van der Waals surface area contributed by atoms with Crippen molar-refractivity contribution in [3.05, 3.63) is 76.3 Å². The molecule has 0 aromatic heterocycles. The van der Waals surface area contributed by atoms with Crippen LogP contribution in [0.4, 0.5) is 4.79 Å². The summed E-state index contributed by atoms with van der Waals surface area (Å²) >= 11 is 3.37. The lowest BCUT2D eigenvalue weighted by Gasteiger charge is -2.18. The number of rotatable bonds is 4. The van der Waals surface area contributed by atoms with Crippen LogP contribution in [0.2, 0.25) is 0 Å². The molecule has 1 heterocycles. The number of cyclic esters (lactones) is 1. The second kappa shape index (κ2) is 7.45. The standard InChI is InChI=1S/C19H16BrNO3/c20-16-9-6-14(7-10-16)8-11-18(22)21-17(13-24-19(21)23)12-15-4-2-1-3-5-15/h1-11,17H,12-13H2/b11-8+/t17-/m0/s1. The number of ether oxygens (including phenoxy) is 1. The zero-order valence-corrected chi connectivity index (χ0v) is 14.5. The quantitative estimate of drug-likeness (QED) is 0.745. The highest BCUT2D eigenvalue weighted by molar-refractivity contribution is 9.10. The van der Waals surface area contributed by atoms with Crippen LogP contribution in [0, 0.1) is 0 Å². The third-order valence-electron chi connectivity index (χ3n) is 3.80. The van der Waals surface area contributed by atoms with Gasteiger partial charge in [-0.25, -0.2) is 9.69 Å². The maximum atomic E-state index is 12.4. The van der Waals surface area contributed by atoms with Gasteiger partial charge in [0.15, 0.2) is 0 Å². The molecule has 1 saturated heterocycles. The van der Waals surface area contributed by atoms with Crippen LogP contribution in [-0.2, 0) is 16.0 Å². The molecule has 1 aliphatic rings. The lowest BCUT2D eigenvalue weighted by atomic mass is 10.1. The second-order valence-electron chi connectivity index (χ2n) is 5.51. The van der Waals surface area contributed by atoms with Crippen LogP contribution < -0.4 is 0 Å². The minimum Gasteiger partial charge on any atom is -0.447 e. The van der Waals surface area contributed by atoms with Gasteiger partial charge in [-0.05, 0) is 35.8 Å². The number of nitrogens with zero attached hydrogens (tertiary/aromatic N) is 1. The molecular weight excluding hydrogens is 370 g/mol. The number of hydrogen-bond donors (Lipinski definition) is 0. The van der Waals surface area contributed by atoms with Crippen molar-refractivity contribution in [3.8, 4) is 0 Å². The third-order valence-corrected chi connectivity index (χ3v) is 4.33. The van der Waals surface area contributed by atoms with E-state index in [2.05, 4.69) is 15.9 Å². The van der Waals surface area contributed by atoms with E-state index in [0.717, 1.165) is 15.6 Å². The Morgan fingerprint density at radius 3 is 2.58 bits per heavy atom. The van der Waals surface area contributed by atoms with E-state index in [1.165, 1.54) is 11.0 Å². The molecule has 0 spiro atoms. The van der Waals surface area contributed by atoms with Crippen LogP contribution in [0.15, 0.2) is 65.1 Å². The lowest BCUT2D eigenvalue weighted by Crippen LogP contribution is -2.39. The molecule has 24 heavy (non-hydrogen) atoms. The fraction of sp³-hybridized carbons (Fsp3) is 0.158. The topological polar surface area (TPSA) is 46.6 Å². The molecular formula is C19H16BrNO3. The van der Waals surface area contributed by atoms with E-state index >= 15 is 0 Å². The highest BCUT2D eigenvalue weighted by Gasteiger charge is 2.36. The lowest BCUT2D eigenvalue weighted by molar-refractivity contribution is -0.124. The highest BCUT2D eigenvalue weighted by Crippen LogP contribution is 2.18. The smallest absolute Gasteiger partial charge is 0.417 e. The van der Waals surface area contributed by atoms with Gasteiger partial charge in [-0.15, -0.1) is 0 Å². The van der Waals surface area contributed by atoms with Crippen molar-refractivity contribution in [2.45, 2.75) is 12.5 Å². The number of imide groups is 1. The van der Waals surface area contributed by atoms with E-state index in [4.69, 9.17) is 4.74 Å².